The van der Waals surface area contributed by atoms with Crippen LogP contribution < -0.4 is 10.6 Å². The van der Waals surface area contributed by atoms with Crippen molar-refractivity contribution in [3.8, 4) is 12.3 Å². The van der Waals surface area contributed by atoms with Crippen LogP contribution in [0.2, 0.25) is 0 Å². The SMILES string of the molecule is C#CC(C)NC(=O)NC1(C(=O)O)CCC(CC)CC1. The molecule has 1 fully saturated rings. The van der Waals surface area contributed by atoms with Gasteiger partial charge < -0.3 is 15.7 Å². The van der Waals surface area contributed by atoms with Gasteiger partial charge in [-0.25, -0.2) is 9.59 Å². The average Bonchev–Trinajstić information content (AvgIpc) is 2.39. The summed E-state index contributed by atoms with van der Waals surface area (Å²) in [5.74, 6) is 1.96. The van der Waals surface area contributed by atoms with Gasteiger partial charge in [0.25, 0.3) is 0 Å². The normalized spacial score (nSPS) is 27.9. The van der Waals surface area contributed by atoms with Crippen molar-refractivity contribution in [2.75, 3.05) is 0 Å². The smallest absolute Gasteiger partial charge is 0.329 e. The van der Waals surface area contributed by atoms with Crippen molar-refractivity contribution in [1.82, 2.24) is 10.6 Å². The average molecular weight is 266 g/mol. The fraction of sp³-hybridized carbons (Fsp3) is 0.714. The summed E-state index contributed by atoms with van der Waals surface area (Å²) < 4.78 is 0. The molecule has 5 nitrogen and oxygen atoms in total. The summed E-state index contributed by atoms with van der Waals surface area (Å²) in [6, 6.07) is -0.930. The van der Waals surface area contributed by atoms with E-state index in [4.69, 9.17) is 6.42 Å². The molecule has 1 aliphatic carbocycles. The van der Waals surface area contributed by atoms with Crippen molar-refractivity contribution < 1.29 is 14.7 Å². The number of carboxylic acid groups (broad SMARTS) is 1. The minimum Gasteiger partial charge on any atom is -0.480 e. The number of nitrogens with one attached hydrogen (secondary N) is 2. The minimum atomic E-state index is -1.15. The Kier molecular flexibility index (Phi) is 5.22. The van der Waals surface area contributed by atoms with E-state index < -0.39 is 23.6 Å². The Labute approximate surface area is 114 Å². The van der Waals surface area contributed by atoms with Crippen LogP contribution in [0.25, 0.3) is 0 Å². The zero-order valence-corrected chi connectivity index (χ0v) is 11.5. The molecule has 0 aliphatic heterocycles. The molecule has 2 amide bonds. The predicted molar refractivity (Wildman–Crippen MR) is 72.6 cm³/mol. The van der Waals surface area contributed by atoms with Crippen LogP contribution in [0.4, 0.5) is 4.79 Å². The molecular weight excluding hydrogens is 244 g/mol. The fourth-order valence-corrected chi connectivity index (χ4v) is 2.46. The van der Waals surface area contributed by atoms with Crippen LogP contribution in [0.3, 0.4) is 0 Å². The first-order valence-electron chi connectivity index (χ1n) is 6.71. The first-order chi connectivity index (χ1) is 8.93. The summed E-state index contributed by atoms with van der Waals surface area (Å²) in [6.45, 7) is 3.77. The van der Waals surface area contributed by atoms with Gasteiger partial charge in [0, 0.05) is 0 Å². The number of carboxylic acids is 1. The van der Waals surface area contributed by atoms with Gasteiger partial charge in [-0.2, -0.15) is 0 Å². The first-order valence-corrected chi connectivity index (χ1v) is 6.71. The highest BCUT2D eigenvalue weighted by Crippen LogP contribution is 2.33. The topological polar surface area (TPSA) is 78.4 Å². The molecular formula is C14H22N2O3. The number of carbonyl (C=O) groups excluding carboxylic acids is 1. The van der Waals surface area contributed by atoms with Gasteiger partial charge in [-0.05, 0) is 38.5 Å². The maximum Gasteiger partial charge on any atom is 0.329 e. The number of rotatable bonds is 4. The lowest BCUT2D eigenvalue weighted by molar-refractivity contribution is -0.146. The molecule has 19 heavy (non-hydrogen) atoms. The standard InChI is InChI=1S/C14H22N2O3/c1-4-10(3)15-13(19)16-14(12(17)18)8-6-11(5-2)7-9-14/h1,10-11H,5-9H2,2-3H3,(H,17,18)(H2,15,16,19). The highest BCUT2D eigenvalue weighted by atomic mass is 16.4. The highest BCUT2D eigenvalue weighted by molar-refractivity contribution is 5.86. The van der Waals surface area contributed by atoms with E-state index >= 15 is 0 Å². The fourth-order valence-electron chi connectivity index (χ4n) is 2.46. The molecule has 3 N–H and O–H groups in total. The molecule has 0 saturated heterocycles. The molecule has 1 rings (SSSR count). The Balaban J connectivity index is 2.66. The number of amides is 2. The Morgan fingerprint density at radius 1 is 1.47 bits per heavy atom. The van der Waals surface area contributed by atoms with Crippen LogP contribution in [-0.4, -0.2) is 28.7 Å². The zero-order valence-electron chi connectivity index (χ0n) is 11.5. The van der Waals surface area contributed by atoms with Crippen molar-refractivity contribution in [2.45, 2.75) is 57.5 Å². The van der Waals surface area contributed by atoms with Crippen LogP contribution >= 0.6 is 0 Å². The summed E-state index contributed by atoms with van der Waals surface area (Å²) in [5.41, 5.74) is -1.15. The molecule has 1 aliphatic rings. The van der Waals surface area contributed by atoms with Crippen molar-refractivity contribution >= 4 is 12.0 Å². The molecule has 0 radical (unpaired) electrons. The van der Waals surface area contributed by atoms with Gasteiger partial charge in [0.1, 0.15) is 5.54 Å². The van der Waals surface area contributed by atoms with E-state index in [1.54, 1.807) is 6.92 Å². The third-order valence-electron chi connectivity index (χ3n) is 3.90. The summed E-state index contributed by atoms with van der Waals surface area (Å²) in [4.78, 5) is 23.2. The van der Waals surface area contributed by atoms with E-state index in [1.807, 2.05) is 0 Å². The van der Waals surface area contributed by atoms with Crippen molar-refractivity contribution in [1.29, 1.82) is 0 Å². The number of hydrogen-bond acceptors (Lipinski definition) is 2. The van der Waals surface area contributed by atoms with Crippen LogP contribution in [0.5, 0.6) is 0 Å². The third kappa shape index (κ3) is 3.88. The summed E-state index contributed by atoms with van der Waals surface area (Å²) in [5, 5.41) is 14.5. The van der Waals surface area contributed by atoms with E-state index in [2.05, 4.69) is 23.5 Å². The maximum absolute atomic E-state index is 11.8. The quantitative estimate of drug-likeness (QED) is 0.678. The Hall–Kier alpha value is -1.70. The van der Waals surface area contributed by atoms with Crippen LogP contribution in [-0.2, 0) is 4.79 Å². The first kappa shape index (κ1) is 15.4. The van der Waals surface area contributed by atoms with Crippen LogP contribution in [0.1, 0.15) is 46.0 Å². The molecule has 1 saturated carbocycles. The molecule has 0 aromatic carbocycles. The molecule has 1 atom stereocenters. The molecule has 0 heterocycles. The van der Waals surface area contributed by atoms with E-state index in [0.717, 1.165) is 19.3 Å². The Morgan fingerprint density at radius 2 is 2.05 bits per heavy atom. The van der Waals surface area contributed by atoms with E-state index in [1.165, 1.54) is 0 Å². The molecule has 0 aromatic heterocycles. The monoisotopic (exact) mass is 266 g/mol. The Morgan fingerprint density at radius 3 is 2.47 bits per heavy atom. The predicted octanol–water partition coefficient (Wildman–Crippen LogP) is 1.73. The van der Waals surface area contributed by atoms with Gasteiger partial charge in [-0.15, -0.1) is 6.42 Å². The van der Waals surface area contributed by atoms with Gasteiger partial charge in [0.05, 0.1) is 6.04 Å². The van der Waals surface area contributed by atoms with Crippen molar-refractivity contribution in [3.05, 3.63) is 0 Å². The van der Waals surface area contributed by atoms with Crippen molar-refractivity contribution in [2.24, 2.45) is 5.92 Å². The summed E-state index contributed by atoms with van der Waals surface area (Å²) in [6.07, 6.45) is 8.82. The lowest BCUT2D eigenvalue weighted by Gasteiger charge is -2.37. The lowest BCUT2D eigenvalue weighted by Crippen LogP contribution is -2.59. The van der Waals surface area contributed by atoms with Gasteiger partial charge in [0.2, 0.25) is 0 Å². The zero-order chi connectivity index (χ0) is 14.5. The van der Waals surface area contributed by atoms with E-state index in [9.17, 15) is 14.7 Å². The molecule has 0 bridgehead atoms. The second-order valence-corrected chi connectivity index (χ2v) is 5.23. The number of aliphatic carboxylic acids is 1. The number of terminal acetylenes is 1. The number of urea groups is 1. The van der Waals surface area contributed by atoms with Crippen LogP contribution in [0.15, 0.2) is 0 Å². The Bertz CT molecular complexity index is 379. The molecule has 106 valence electrons. The minimum absolute atomic E-state index is 0.419. The maximum atomic E-state index is 11.8. The number of hydrogen-bond donors (Lipinski definition) is 3. The molecule has 0 spiro atoms. The van der Waals surface area contributed by atoms with Crippen LogP contribution in [0, 0.1) is 18.3 Å². The third-order valence-corrected chi connectivity index (χ3v) is 3.90. The van der Waals surface area contributed by atoms with Crippen molar-refractivity contribution in [3.63, 3.8) is 0 Å². The van der Waals surface area contributed by atoms with E-state index in [-0.39, 0.29) is 0 Å². The second kappa shape index (κ2) is 6.46. The molecule has 5 heteroatoms. The van der Waals surface area contributed by atoms with Gasteiger partial charge >= 0.3 is 12.0 Å². The lowest BCUT2D eigenvalue weighted by atomic mass is 9.75. The van der Waals surface area contributed by atoms with E-state index in [0.29, 0.717) is 18.8 Å². The van der Waals surface area contributed by atoms with Gasteiger partial charge in [0.15, 0.2) is 0 Å². The largest absolute Gasteiger partial charge is 0.480 e. The van der Waals surface area contributed by atoms with Gasteiger partial charge in [-0.1, -0.05) is 19.3 Å². The second-order valence-electron chi connectivity index (χ2n) is 5.23. The molecule has 0 aromatic rings. The number of carbonyl (C=O) groups is 2. The van der Waals surface area contributed by atoms with Gasteiger partial charge in [-0.3, -0.25) is 0 Å². The highest BCUT2D eigenvalue weighted by Gasteiger charge is 2.43. The summed E-state index contributed by atoms with van der Waals surface area (Å²) >= 11 is 0. The molecule has 1 unspecified atom stereocenters. The summed E-state index contributed by atoms with van der Waals surface area (Å²) in [7, 11) is 0.